The number of thiocarbonyl (C=S) groups is 1. The smallest absolute Gasteiger partial charge is 0.270 e. The van der Waals surface area contributed by atoms with Crippen LogP contribution in [0.4, 0.5) is 5.69 Å². The van der Waals surface area contributed by atoms with E-state index in [0.717, 1.165) is 18.4 Å². The minimum Gasteiger partial charge on any atom is -0.351 e. The fourth-order valence-corrected chi connectivity index (χ4v) is 4.38. The number of nitrogens with zero attached hydrogens (tertiary/aromatic N) is 2. The SMILES string of the molecule is O=C1NC(=S)N(c2ccc(Cl)c(Cl)c2)C(=O)/C1=C\c1ccn(C2CCCCC2)c1. The Morgan fingerprint density at radius 2 is 1.83 bits per heavy atom. The van der Waals surface area contributed by atoms with Crippen LogP contribution in [0.15, 0.2) is 42.2 Å². The molecule has 8 heteroatoms. The number of aromatic nitrogens is 1. The van der Waals surface area contributed by atoms with Gasteiger partial charge in [0, 0.05) is 18.4 Å². The van der Waals surface area contributed by atoms with Crippen LogP contribution >= 0.6 is 35.4 Å². The molecule has 1 saturated carbocycles. The molecule has 2 fully saturated rings. The second kappa shape index (κ2) is 8.30. The van der Waals surface area contributed by atoms with Gasteiger partial charge in [-0.1, -0.05) is 42.5 Å². The molecule has 1 aromatic carbocycles. The quantitative estimate of drug-likeness (QED) is 0.402. The molecule has 1 aromatic heterocycles. The van der Waals surface area contributed by atoms with E-state index in [1.165, 1.54) is 24.2 Å². The Balaban J connectivity index is 1.63. The molecule has 0 spiro atoms. The normalized spacial score (nSPS) is 19.7. The fourth-order valence-electron chi connectivity index (χ4n) is 3.80. The van der Waals surface area contributed by atoms with Gasteiger partial charge < -0.3 is 4.57 Å². The Bertz CT molecular complexity index is 1020. The van der Waals surface area contributed by atoms with Gasteiger partial charge in [0.1, 0.15) is 5.57 Å². The Labute approximate surface area is 184 Å². The summed E-state index contributed by atoms with van der Waals surface area (Å²) >= 11 is 17.3. The summed E-state index contributed by atoms with van der Waals surface area (Å²) in [7, 11) is 0. The second-order valence-corrected chi connectivity index (χ2v) is 8.44. The lowest BCUT2D eigenvalue weighted by Gasteiger charge is -2.29. The van der Waals surface area contributed by atoms with Crippen molar-refractivity contribution in [1.82, 2.24) is 9.88 Å². The topological polar surface area (TPSA) is 54.3 Å². The second-order valence-electron chi connectivity index (χ2n) is 7.24. The lowest BCUT2D eigenvalue weighted by atomic mass is 9.95. The third-order valence-electron chi connectivity index (χ3n) is 5.31. The summed E-state index contributed by atoms with van der Waals surface area (Å²) in [6.45, 7) is 0. The molecule has 2 amide bonds. The number of anilines is 1. The van der Waals surface area contributed by atoms with E-state index in [2.05, 4.69) is 9.88 Å². The van der Waals surface area contributed by atoms with E-state index < -0.39 is 11.8 Å². The average Bonchev–Trinajstić information content (AvgIpc) is 3.17. The third-order valence-corrected chi connectivity index (χ3v) is 6.33. The number of nitrogens with one attached hydrogen (secondary N) is 1. The van der Waals surface area contributed by atoms with Crippen molar-refractivity contribution in [2.75, 3.05) is 4.90 Å². The van der Waals surface area contributed by atoms with E-state index in [9.17, 15) is 9.59 Å². The minimum absolute atomic E-state index is 0.00955. The van der Waals surface area contributed by atoms with Crippen LogP contribution < -0.4 is 10.2 Å². The number of amides is 2. The van der Waals surface area contributed by atoms with Crippen LogP contribution in [0.2, 0.25) is 10.0 Å². The fraction of sp³-hybridized carbons (Fsp3) is 0.286. The number of rotatable bonds is 3. The molecule has 0 bridgehead atoms. The molecule has 1 aliphatic heterocycles. The summed E-state index contributed by atoms with van der Waals surface area (Å²) in [5.41, 5.74) is 1.27. The van der Waals surface area contributed by atoms with Crippen molar-refractivity contribution in [3.63, 3.8) is 0 Å². The van der Waals surface area contributed by atoms with Crippen molar-refractivity contribution in [2.24, 2.45) is 0 Å². The van der Waals surface area contributed by atoms with E-state index in [1.807, 2.05) is 18.5 Å². The molecule has 29 heavy (non-hydrogen) atoms. The Kier molecular flexibility index (Phi) is 5.76. The summed E-state index contributed by atoms with van der Waals surface area (Å²) < 4.78 is 2.18. The number of benzene rings is 1. The number of hydrogen-bond donors (Lipinski definition) is 1. The van der Waals surface area contributed by atoms with E-state index in [-0.39, 0.29) is 10.7 Å². The average molecular weight is 448 g/mol. The highest BCUT2D eigenvalue weighted by molar-refractivity contribution is 7.80. The van der Waals surface area contributed by atoms with Gasteiger partial charge in [-0.15, -0.1) is 0 Å². The van der Waals surface area contributed by atoms with Gasteiger partial charge in [-0.05, 0) is 61.0 Å². The summed E-state index contributed by atoms with van der Waals surface area (Å²) in [5.74, 6) is -1.01. The molecule has 2 aliphatic rings. The van der Waals surface area contributed by atoms with Gasteiger partial charge >= 0.3 is 0 Å². The van der Waals surface area contributed by atoms with Crippen molar-refractivity contribution < 1.29 is 9.59 Å². The molecular weight excluding hydrogens is 429 g/mol. The number of carbonyl (C=O) groups is 2. The Morgan fingerprint density at radius 3 is 2.55 bits per heavy atom. The van der Waals surface area contributed by atoms with Crippen LogP contribution in [0.5, 0.6) is 0 Å². The van der Waals surface area contributed by atoms with Crippen LogP contribution in [0.25, 0.3) is 6.08 Å². The first-order valence-corrected chi connectivity index (χ1v) is 10.6. The molecular formula is C21H19Cl2N3O2S. The minimum atomic E-state index is -0.512. The maximum absolute atomic E-state index is 13.1. The lowest BCUT2D eigenvalue weighted by molar-refractivity contribution is -0.122. The number of carbonyl (C=O) groups excluding carboxylic acids is 2. The first-order valence-electron chi connectivity index (χ1n) is 9.48. The summed E-state index contributed by atoms with van der Waals surface area (Å²) in [5, 5.41) is 3.26. The van der Waals surface area contributed by atoms with Crippen molar-refractivity contribution in [1.29, 1.82) is 0 Å². The summed E-state index contributed by atoms with van der Waals surface area (Å²) in [4.78, 5) is 26.8. The van der Waals surface area contributed by atoms with Gasteiger partial charge in [0.25, 0.3) is 11.8 Å². The first kappa shape index (κ1) is 20.1. The highest BCUT2D eigenvalue weighted by Crippen LogP contribution is 2.31. The van der Waals surface area contributed by atoms with Crippen LogP contribution in [0, 0.1) is 0 Å². The van der Waals surface area contributed by atoms with Gasteiger partial charge in [0.15, 0.2) is 5.11 Å². The molecule has 2 heterocycles. The van der Waals surface area contributed by atoms with E-state index in [0.29, 0.717) is 21.8 Å². The largest absolute Gasteiger partial charge is 0.351 e. The molecule has 0 radical (unpaired) electrons. The standard InChI is InChI=1S/C21H19Cl2N3O2S/c22-17-7-6-15(11-18(17)23)26-20(28)16(19(27)24-21(26)29)10-13-8-9-25(12-13)14-4-2-1-3-5-14/h6-12,14H,1-5H2,(H,24,27,29)/b16-10-. The summed E-state index contributed by atoms with van der Waals surface area (Å²) in [6, 6.07) is 7.15. The van der Waals surface area contributed by atoms with E-state index in [1.54, 1.807) is 24.3 Å². The van der Waals surface area contributed by atoms with Gasteiger partial charge in [0.2, 0.25) is 0 Å². The van der Waals surface area contributed by atoms with Gasteiger partial charge in [-0.2, -0.15) is 0 Å². The van der Waals surface area contributed by atoms with Crippen molar-refractivity contribution in [2.45, 2.75) is 38.1 Å². The molecule has 5 nitrogen and oxygen atoms in total. The third kappa shape index (κ3) is 4.10. The highest BCUT2D eigenvalue weighted by atomic mass is 35.5. The first-order chi connectivity index (χ1) is 13.9. The van der Waals surface area contributed by atoms with E-state index >= 15 is 0 Å². The number of halogens is 2. The maximum Gasteiger partial charge on any atom is 0.270 e. The van der Waals surface area contributed by atoms with Crippen LogP contribution in [0.1, 0.15) is 43.7 Å². The van der Waals surface area contributed by atoms with Crippen LogP contribution in [-0.2, 0) is 9.59 Å². The van der Waals surface area contributed by atoms with Crippen LogP contribution in [-0.4, -0.2) is 21.5 Å². The zero-order chi connectivity index (χ0) is 20.5. The predicted molar refractivity (Wildman–Crippen MR) is 119 cm³/mol. The monoisotopic (exact) mass is 447 g/mol. The lowest BCUT2D eigenvalue weighted by Crippen LogP contribution is -2.54. The predicted octanol–water partition coefficient (Wildman–Crippen LogP) is 5.13. The van der Waals surface area contributed by atoms with Crippen molar-refractivity contribution >= 4 is 64.1 Å². The molecule has 1 saturated heterocycles. The molecule has 1 N–H and O–H groups in total. The number of hydrogen-bond acceptors (Lipinski definition) is 3. The van der Waals surface area contributed by atoms with Gasteiger partial charge in [-0.25, -0.2) is 0 Å². The van der Waals surface area contributed by atoms with Crippen LogP contribution in [0.3, 0.4) is 0 Å². The van der Waals surface area contributed by atoms with Crippen molar-refractivity contribution in [3.05, 3.63) is 57.8 Å². The van der Waals surface area contributed by atoms with Gasteiger partial charge in [-0.3, -0.25) is 19.8 Å². The molecule has 2 aromatic rings. The zero-order valence-corrected chi connectivity index (χ0v) is 17.9. The highest BCUT2D eigenvalue weighted by Gasteiger charge is 2.34. The van der Waals surface area contributed by atoms with Gasteiger partial charge in [0.05, 0.1) is 15.7 Å². The molecule has 0 unspecified atom stereocenters. The van der Waals surface area contributed by atoms with Crippen molar-refractivity contribution in [3.8, 4) is 0 Å². The zero-order valence-electron chi connectivity index (χ0n) is 15.5. The Morgan fingerprint density at radius 1 is 1.07 bits per heavy atom. The Hall–Kier alpha value is -2.15. The molecule has 4 rings (SSSR count). The molecule has 0 atom stereocenters. The summed E-state index contributed by atoms with van der Waals surface area (Å²) in [6.07, 6.45) is 11.7. The maximum atomic E-state index is 13.1. The molecule has 1 aliphatic carbocycles. The van der Waals surface area contributed by atoms with E-state index in [4.69, 9.17) is 35.4 Å². The molecule has 150 valence electrons.